The van der Waals surface area contributed by atoms with Gasteiger partial charge in [-0.3, -0.25) is 0 Å². The van der Waals surface area contributed by atoms with Crippen molar-refractivity contribution in [2.75, 3.05) is 10.6 Å². The van der Waals surface area contributed by atoms with Gasteiger partial charge in [-0.15, -0.1) is 0 Å². The highest BCUT2D eigenvalue weighted by atomic mass is 19.1. The smallest absolute Gasteiger partial charge is 0.308 e. The largest absolute Gasteiger partial charge is 0.323 e. The number of nitrogens with one attached hydrogen (secondary N) is 2. The number of urea groups is 1. The molecule has 2 N–H and O–H groups in total. The van der Waals surface area contributed by atoms with E-state index in [1.807, 2.05) is 0 Å². The van der Waals surface area contributed by atoms with Crippen LogP contribution in [-0.4, -0.2) is 11.0 Å². The van der Waals surface area contributed by atoms with Crippen LogP contribution in [0.15, 0.2) is 36.5 Å². The van der Waals surface area contributed by atoms with Gasteiger partial charge in [-0.25, -0.2) is 18.6 Å². The minimum absolute atomic E-state index is 0.0514. The molecular formula is C12H8F3N3O. The fraction of sp³-hybridized carbons (Fsp3) is 0. The van der Waals surface area contributed by atoms with E-state index in [4.69, 9.17) is 0 Å². The number of hydrogen-bond donors (Lipinski definition) is 2. The van der Waals surface area contributed by atoms with Crippen molar-refractivity contribution in [3.8, 4) is 0 Å². The van der Waals surface area contributed by atoms with Gasteiger partial charge < -0.3 is 10.6 Å². The quantitative estimate of drug-likeness (QED) is 0.821. The second-order valence-electron chi connectivity index (χ2n) is 3.60. The maximum atomic E-state index is 12.9. The highest BCUT2D eigenvalue weighted by molar-refractivity contribution is 5.99. The predicted octanol–water partition coefficient (Wildman–Crippen LogP) is 3.14. The third kappa shape index (κ3) is 3.70. The molecule has 0 spiro atoms. The predicted molar refractivity (Wildman–Crippen MR) is 63.2 cm³/mol. The Balaban J connectivity index is 2.05. The number of pyridine rings is 1. The second kappa shape index (κ2) is 5.38. The first kappa shape index (κ1) is 12.9. The van der Waals surface area contributed by atoms with Crippen LogP contribution in [-0.2, 0) is 0 Å². The van der Waals surface area contributed by atoms with Gasteiger partial charge in [-0.05, 0) is 18.2 Å². The van der Waals surface area contributed by atoms with Gasteiger partial charge in [0.1, 0.15) is 11.6 Å². The van der Waals surface area contributed by atoms with E-state index in [-0.39, 0.29) is 11.4 Å². The van der Waals surface area contributed by atoms with Crippen molar-refractivity contribution in [2.24, 2.45) is 0 Å². The van der Waals surface area contributed by atoms with Crippen LogP contribution in [0, 0.1) is 17.6 Å². The number of halogens is 3. The number of carbonyl (C=O) groups is 1. The van der Waals surface area contributed by atoms with Crippen LogP contribution in [0.2, 0.25) is 0 Å². The summed E-state index contributed by atoms with van der Waals surface area (Å²) in [6.45, 7) is 0. The lowest BCUT2D eigenvalue weighted by Crippen LogP contribution is -2.19. The van der Waals surface area contributed by atoms with Crippen LogP contribution in [0.5, 0.6) is 0 Å². The molecule has 1 aromatic carbocycles. The molecule has 0 bridgehead atoms. The molecule has 2 rings (SSSR count). The molecule has 4 nitrogen and oxygen atoms in total. The van der Waals surface area contributed by atoms with Gasteiger partial charge in [0.05, 0.1) is 0 Å². The van der Waals surface area contributed by atoms with Crippen LogP contribution >= 0.6 is 0 Å². The molecule has 0 saturated heterocycles. The van der Waals surface area contributed by atoms with Crippen molar-refractivity contribution in [2.45, 2.75) is 0 Å². The molecule has 0 aliphatic heterocycles. The van der Waals surface area contributed by atoms with Crippen molar-refractivity contribution < 1.29 is 18.0 Å². The van der Waals surface area contributed by atoms with E-state index in [0.29, 0.717) is 6.07 Å². The minimum Gasteiger partial charge on any atom is -0.308 e. The van der Waals surface area contributed by atoms with E-state index in [0.717, 1.165) is 18.2 Å². The number of aromatic nitrogens is 1. The van der Waals surface area contributed by atoms with Crippen LogP contribution in [0.1, 0.15) is 0 Å². The van der Waals surface area contributed by atoms with E-state index < -0.39 is 23.6 Å². The van der Waals surface area contributed by atoms with Crippen molar-refractivity contribution in [3.63, 3.8) is 0 Å². The average Bonchev–Trinajstić information content (AvgIpc) is 2.26. The molecule has 0 aliphatic rings. The summed E-state index contributed by atoms with van der Waals surface area (Å²) >= 11 is 0. The zero-order chi connectivity index (χ0) is 13.8. The van der Waals surface area contributed by atoms with Gasteiger partial charge in [0.15, 0.2) is 0 Å². The van der Waals surface area contributed by atoms with Gasteiger partial charge in [-0.2, -0.15) is 4.39 Å². The maximum Gasteiger partial charge on any atom is 0.323 e. The summed E-state index contributed by atoms with van der Waals surface area (Å²) in [5.41, 5.74) is 0.117. The summed E-state index contributed by atoms with van der Waals surface area (Å²) < 4.78 is 38.5. The van der Waals surface area contributed by atoms with Gasteiger partial charge in [0, 0.05) is 29.7 Å². The number of anilines is 2. The molecule has 19 heavy (non-hydrogen) atoms. The molecular weight excluding hydrogens is 259 g/mol. The molecule has 1 heterocycles. The van der Waals surface area contributed by atoms with Gasteiger partial charge in [0.2, 0.25) is 5.95 Å². The number of benzene rings is 1. The number of rotatable bonds is 2. The fourth-order valence-electron chi connectivity index (χ4n) is 1.40. The van der Waals surface area contributed by atoms with Crippen LogP contribution < -0.4 is 10.6 Å². The Bertz CT molecular complexity index is 599. The molecule has 7 heteroatoms. The molecule has 1 aromatic heterocycles. The Labute approximate surface area is 106 Å². The zero-order valence-electron chi connectivity index (χ0n) is 9.45. The molecule has 98 valence electrons. The first-order valence-corrected chi connectivity index (χ1v) is 5.18. The molecule has 0 saturated carbocycles. The Morgan fingerprint density at radius 1 is 0.947 bits per heavy atom. The van der Waals surface area contributed by atoms with Gasteiger partial charge >= 0.3 is 6.03 Å². The number of amides is 2. The van der Waals surface area contributed by atoms with E-state index in [9.17, 15) is 18.0 Å². The van der Waals surface area contributed by atoms with Crippen molar-refractivity contribution in [3.05, 3.63) is 54.1 Å². The summed E-state index contributed by atoms with van der Waals surface area (Å²) in [6, 6.07) is 4.21. The normalized spacial score (nSPS) is 10.1. The van der Waals surface area contributed by atoms with Crippen LogP contribution in [0.3, 0.4) is 0 Å². The zero-order valence-corrected chi connectivity index (χ0v) is 9.45. The van der Waals surface area contributed by atoms with Crippen molar-refractivity contribution in [1.29, 1.82) is 0 Å². The first-order valence-electron chi connectivity index (χ1n) is 5.18. The molecule has 0 atom stereocenters. The lowest BCUT2D eigenvalue weighted by atomic mass is 10.3. The van der Waals surface area contributed by atoms with Crippen LogP contribution in [0.25, 0.3) is 0 Å². The summed E-state index contributed by atoms with van der Waals surface area (Å²) in [4.78, 5) is 14.8. The summed E-state index contributed by atoms with van der Waals surface area (Å²) in [7, 11) is 0. The lowest BCUT2D eigenvalue weighted by molar-refractivity contribution is 0.262. The monoisotopic (exact) mass is 267 g/mol. The summed E-state index contributed by atoms with van der Waals surface area (Å²) in [5, 5.41) is 4.51. The second-order valence-corrected chi connectivity index (χ2v) is 3.60. The van der Waals surface area contributed by atoms with Crippen molar-refractivity contribution in [1.82, 2.24) is 4.98 Å². The molecule has 0 unspecified atom stereocenters. The molecule has 0 aliphatic carbocycles. The highest BCUT2D eigenvalue weighted by Gasteiger charge is 2.06. The standard InChI is InChI=1S/C12H8F3N3O/c13-7-3-8(14)5-10(4-7)18-12(19)17-9-1-2-16-11(15)6-9/h1-6H,(H2,16,17,18,19). The topological polar surface area (TPSA) is 54.0 Å². The van der Waals surface area contributed by atoms with Crippen LogP contribution in [0.4, 0.5) is 29.3 Å². The third-order valence-electron chi connectivity index (χ3n) is 2.10. The molecule has 2 aromatic rings. The first-order chi connectivity index (χ1) is 9.02. The van der Waals surface area contributed by atoms with Crippen molar-refractivity contribution >= 4 is 17.4 Å². The van der Waals surface area contributed by atoms with E-state index >= 15 is 0 Å². The maximum absolute atomic E-state index is 12.9. The van der Waals surface area contributed by atoms with E-state index in [1.54, 1.807) is 0 Å². The van der Waals surface area contributed by atoms with E-state index in [2.05, 4.69) is 15.6 Å². The lowest BCUT2D eigenvalue weighted by Gasteiger charge is -2.07. The Morgan fingerprint density at radius 2 is 1.58 bits per heavy atom. The number of carbonyl (C=O) groups excluding carboxylic acids is 1. The summed E-state index contributed by atoms with van der Waals surface area (Å²) in [5.74, 6) is -2.38. The molecule has 2 amide bonds. The number of nitrogens with zero attached hydrogens (tertiary/aromatic N) is 1. The Morgan fingerprint density at radius 3 is 2.21 bits per heavy atom. The Hall–Kier alpha value is -2.57. The SMILES string of the molecule is O=C(Nc1cc(F)cc(F)c1)Nc1ccnc(F)c1. The van der Waals surface area contributed by atoms with Gasteiger partial charge in [0.25, 0.3) is 0 Å². The highest BCUT2D eigenvalue weighted by Crippen LogP contribution is 2.13. The Kier molecular flexibility index (Phi) is 3.65. The molecule has 0 fully saturated rings. The van der Waals surface area contributed by atoms with Gasteiger partial charge in [-0.1, -0.05) is 0 Å². The summed E-state index contributed by atoms with van der Waals surface area (Å²) in [6.07, 6.45) is 1.17. The minimum atomic E-state index is -0.815. The fourth-order valence-corrected chi connectivity index (χ4v) is 1.40. The average molecular weight is 267 g/mol. The third-order valence-corrected chi connectivity index (χ3v) is 2.10. The van der Waals surface area contributed by atoms with E-state index in [1.165, 1.54) is 12.3 Å². The number of hydrogen-bond acceptors (Lipinski definition) is 2. The molecule has 0 radical (unpaired) electrons.